The number of carbonyl (C=O) groups is 1. The molecule has 1 N–H and O–H groups in total. The van der Waals surface area contributed by atoms with Crippen LogP contribution in [0.1, 0.15) is 44.6 Å². The van der Waals surface area contributed by atoms with Crippen molar-refractivity contribution in [3.63, 3.8) is 0 Å². The number of rotatable bonds is 8. The van der Waals surface area contributed by atoms with Crippen molar-refractivity contribution < 1.29 is 4.79 Å². The molecule has 22 heavy (non-hydrogen) atoms. The number of nitrogens with one attached hydrogen (secondary N) is 1. The van der Waals surface area contributed by atoms with Gasteiger partial charge in [0.1, 0.15) is 0 Å². The molecular weight excluding hydrogens is 274 g/mol. The SMILES string of the molecule is CCCCC[C@@H]1C[C@H]1C(=O)NN=Cc1ccc(N(C)C)cc1. The minimum absolute atomic E-state index is 0.0719. The number of carbonyl (C=O) groups excluding carboxylic acids is 1. The molecule has 0 saturated heterocycles. The Hall–Kier alpha value is -1.84. The van der Waals surface area contributed by atoms with E-state index in [1.54, 1.807) is 6.21 Å². The standard InChI is InChI=1S/C18H27N3O/c1-4-5-6-7-15-12-17(15)18(22)20-19-13-14-8-10-16(11-9-14)21(2)3/h8-11,13,15,17H,4-7,12H2,1-3H3,(H,20,22)/t15-,17-/m1/s1. The van der Waals surface area contributed by atoms with E-state index in [-0.39, 0.29) is 11.8 Å². The lowest BCUT2D eigenvalue weighted by molar-refractivity contribution is -0.122. The Labute approximate surface area is 133 Å². The molecule has 1 fully saturated rings. The summed E-state index contributed by atoms with van der Waals surface area (Å²) in [4.78, 5) is 14.0. The molecule has 1 aromatic carbocycles. The van der Waals surface area contributed by atoms with Crippen molar-refractivity contribution in [2.24, 2.45) is 16.9 Å². The number of anilines is 1. The second-order valence-corrected chi connectivity index (χ2v) is 6.32. The first-order chi connectivity index (χ1) is 10.6. The van der Waals surface area contributed by atoms with Crippen molar-refractivity contribution in [3.8, 4) is 0 Å². The molecule has 2 atom stereocenters. The zero-order valence-corrected chi connectivity index (χ0v) is 13.9. The third-order valence-electron chi connectivity index (χ3n) is 4.24. The molecule has 1 amide bonds. The highest BCUT2D eigenvalue weighted by molar-refractivity contribution is 5.85. The minimum atomic E-state index is 0.0719. The Kier molecular flexibility index (Phi) is 5.99. The van der Waals surface area contributed by atoms with Gasteiger partial charge in [0, 0.05) is 25.7 Å². The molecule has 1 saturated carbocycles. The van der Waals surface area contributed by atoms with E-state index in [1.807, 2.05) is 38.4 Å². The molecule has 1 aliphatic rings. The van der Waals surface area contributed by atoms with Crippen molar-refractivity contribution in [1.82, 2.24) is 5.43 Å². The van der Waals surface area contributed by atoms with Gasteiger partial charge in [-0.3, -0.25) is 4.79 Å². The van der Waals surface area contributed by atoms with E-state index in [4.69, 9.17) is 0 Å². The van der Waals surface area contributed by atoms with Crippen LogP contribution in [0.5, 0.6) is 0 Å². The fourth-order valence-electron chi connectivity index (χ4n) is 2.66. The molecule has 0 heterocycles. The number of benzene rings is 1. The summed E-state index contributed by atoms with van der Waals surface area (Å²) in [6, 6.07) is 8.06. The van der Waals surface area contributed by atoms with Crippen LogP contribution >= 0.6 is 0 Å². The van der Waals surface area contributed by atoms with Crippen LogP contribution < -0.4 is 10.3 Å². The largest absolute Gasteiger partial charge is 0.378 e. The zero-order valence-electron chi connectivity index (χ0n) is 13.9. The Morgan fingerprint density at radius 2 is 2.05 bits per heavy atom. The molecule has 0 spiro atoms. The molecule has 0 radical (unpaired) electrons. The molecule has 4 heteroatoms. The lowest BCUT2D eigenvalue weighted by Crippen LogP contribution is -2.20. The number of hydrogen-bond donors (Lipinski definition) is 1. The zero-order chi connectivity index (χ0) is 15.9. The number of hydrazone groups is 1. The van der Waals surface area contributed by atoms with Gasteiger partial charge in [0.2, 0.25) is 5.91 Å². The lowest BCUT2D eigenvalue weighted by Gasteiger charge is -2.11. The lowest BCUT2D eigenvalue weighted by atomic mass is 10.1. The van der Waals surface area contributed by atoms with E-state index >= 15 is 0 Å². The molecule has 2 rings (SSSR count). The third kappa shape index (κ3) is 4.86. The Bertz CT molecular complexity index is 508. The van der Waals surface area contributed by atoms with Gasteiger partial charge in [-0.05, 0) is 36.5 Å². The topological polar surface area (TPSA) is 44.7 Å². The van der Waals surface area contributed by atoms with Gasteiger partial charge in [-0.15, -0.1) is 0 Å². The highest BCUT2D eigenvalue weighted by atomic mass is 16.2. The van der Waals surface area contributed by atoms with Gasteiger partial charge >= 0.3 is 0 Å². The molecule has 0 aliphatic heterocycles. The minimum Gasteiger partial charge on any atom is -0.378 e. The van der Waals surface area contributed by atoms with Gasteiger partial charge in [-0.2, -0.15) is 5.10 Å². The molecule has 1 aromatic rings. The van der Waals surface area contributed by atoms with E-state index in [1.165, 1.54) is 25.7 Å². The average molecular weight is 301 g/mol. The normalized spacial score (nSPS) is 20.1. The fourth-order valence-corrected chi connectivity index (χ4v) is 2.66. The van der Waals surface area contributed by atoms with Gasteiger partial charge in [-0.25, -0.2) is 5.43 Å². The average Bonchev–Trinajstić information content (AvgIpc) is 3.27. The van der Waals surface area contributed by atoms with Gasteiger partial charge in [-0.1, -0.05) is 38.3 Å². The van der Waals surface area contributed by atoms with Crippen LogP contribution in [0.25, 0.3) is 0 Å². The van der Waals surface area contributed by atoms with Crippen molar-refractivity contribution in [2.45, 2.75) is 39.0 Å². The van der Waals surface area contributed by atoms with Crippen molar-refractivity contribution in [1.29, 1.82) is 0 Å². The third-order valence-corrected chi connectivity index (χ3v) is 4.24. The molecule has 0 bridgehead atoms. The van der Waals surface area contributed by atoms with Crippen LogP contribution in [0.2, 0.25) is 0 Å². The molecule has 4 nitrogen and oxygen atoms in total. The number of unbranched alkanes of at least 4 members (excludes halogenated alkanes) is 2. The molecule has 0 aromatic heterocycles. The highest BCUT2D eigenvalue weighted by Crippen LogP contribution is 2.42. The van der Waals surface area contributed by atoms with E-state index in [9.17, 15) is 4.79 Å². The monoisotopic (exact) mass is 301 g/mol. The Balaban J connectivity index is 1.72. The molecule has 1 aliphatic carbocycles. The summed E-state index contributed by atoms with van der Waals surface area (Å²) in [6.07, 6.45) is 7.66. The first kappa shape index (κ1) is 16.5. The fraction of sp³-hybridized carbons (Fsp3) is 0.556. The summed E-state index contributed by atoms with van der Waals surface area (Å²) in [5, 5.41) is 4.07. The Morgan fingerprint density at radius 3 is 2.68 bits per heavy atom. The second kappa shape index (κ2) is 7.97. The molecule has 0 unspecified atom stereocenters. The molecular formula is C18H27N3O. The number of amides is 1. The van der Waals surface area contributed by atoms with Crippen molar-refractivity contribution in [2.75, 3.05) is 19.0 Å². The van der Waals surface area contributed by atoms with E-state index in [2.05, 4.69) is 22.4 Å². The van der Waals surface area contributed by atoms with Crippen LogP contribution in [0.15, 0.2) is 29.4 Å². The van der Waals surface area contributed by atoms with Gasteiger partial charge in [0.25, 0.3) is 0 Å². The maximum atomic E-state index is 12.0. The predicted octanol–water partition coefficient (Wildman–Crippen LogP) is 3.42. The summed E-state index contributed by atoms with van der Waals surface area (Å²) in [6.45, 7) is 2.21. The second-order valence-electron chi connectivity index (χ2n) is 6.32. The summed E-state index contributed by atoms with van der Waals surface area (Å²) in [5.74, 6) is 0.842. The Morgan fingerprint density at radius 1 is 1.32 bits per heavy atom. The first-order valence-corrected chi connectivity index (χ1v) is 8.22. The summed E-state index contributed by atoms with van der Waals surface area (Å²) in [5.41, 5.74) is 4.81. The van der Waals surface area contributed by atoms with Crippen LogP contribution in [-0.4, -0.2) is 26.2 Å². The number of nitrogens with zero attached hydrogens (tertiary/aromatic N) is 2. The van der Waals surface area contributed by atoms with E-state index in [0.29, 0.717) is 5.92 Å². The summed E-state index contributed by atoms with van der Waals surface area (Å²) >= 11 is 0. The van der Waals surface area contributed by atoms with E-state index < -0.39 is 0 Å². The van der Waals surface area contributed by atoms with Gasteiger partial charge in [0.05, 0.1) is 6.21 Å². The smallest absolute Gasteiger partial charge is 0.243 e. The highest BCUT2D eigenvalue weighted by Gasteiger charge is 2.41. The van der Waals surface area contributed by atoms with Crippen LogP contribution in [0.3, 0.4) is 0 Å². The van der Waals surface area contributed by atoms with Gasteiger partial charge < -0.3 is 4.90 Å². The van der Waals surface area contributed by atoms with Crippen molar-refractivity contribution in [3.05, 3.63) is 29.8 Å². The quantitative estimate of drug-likeness (QED) is 0.454. The first-order valence-electron chi connectivity index (χ1n) is 8.22. The van der Waals surface area contributed by atoms with Crippen molar-refractivity contribution >= 4 is 17.8 Å². The van der Waals surface area contributed by atoms with Gasteiger partial charge in [0.15, 0.2) is 0 Å². The van der Waals surface area contributed by atoms with Crippen LogP contribution in [0, 0.1) is 11.8 Å². The maximum Gasteiger partial charge on any atom is 0.243 e. The molecule has 120 valence electrons. The number of hydrogen-bond acceptors (Lipinski definition) is 3. The van der Waals surface area contributed by atoms with E-state index in [0.717, 1.165) is 17.7 Å². The van der Waals surface area contributed by atoms with Crippen LogP contribution in [0.4, 0.5) is 5.69 Å². The predicted molar refractivity (Wildman–Crippen MR) is 92.2 cm³/mol. The summed E-state index contributed by atoms with van der Waals surface area (Å²) in [7, 11) is 4.02. The summed E-state index contributed by atoms with van der Waals surface area (Å²) < 4.78 is 0. The van der Waals surface area contributed by atoms with Crippen LogP contribution in [-0.2, 0) is 4.79 Å². The maximum absolute atomic E-state index is 12.0.